The van der Waals surface area contributed by atoms with E-state index in [0.717, 1.165) is 11.1 Å². The lowest BCUT2D eigenvalue weighted by Crippen LogP contribution is -2.72. The van der Waals surface area contributed by atoms with Gasteiger partial charge < -0.3 is 32.8 Å². The molecule has 0 bridgehead atoms. The largest absolute Gasteiger partial charge is 0.472 e. The molecule has 53 heavy (non-hydrogen) atoms. The predicted molar refractivity (Wildman–Crippen MR) is 191 cm³/mol. The van der Waals surface area contributed by atoms with Gasteiger partial charge in [-0.05, 0) is 56.7 Å². The summed E-state index contributed by atoms with van der Waals surface area (Å²) in [6, 6.07) is 1.87. The van der Waals surface area contributed by atoms with Gasteiger partial charge in [-0.25, -0.2) is 4.79 Å². The van der Waals surface area contributed by atoms with Gasteiger partial charge in [0.25, 0.3) is 0 Å². The number of carbonyl (C=O) groups excluding carboxylic acids is 5. The zero-order chi connectivity index (χ0) is 39.2. The van der Waals surface area contributed by atoms with Crippen molar-refractivity contribution in [3.8, 4) is 0 Å². The van der Waals surface area contributed by atoms with Gasteiger partial charge in [0.15, 0.2) is 0 Å². The van der Waals surface area contributed by atoms with E-state index in [2.05, 4.69) is 0 Å². The molecule has 0 N–H and O–H groups in total. The molecule has 292 valence electrons. The van der Waals surface area contributed by atoms with Crippen molar-refractivity contribution >= 4 is 29.8 Å². The predicted octanol–water partition coefficient (Wildman–Crippen LogP) is 6.41. The lowest BCUT2D eigenvalue weighted by molar-refractivity contribution is -0.261. The monoisotopic (exact) mass is 740 g/mol. The van der Waals surface area contributed by atoms with E-state index < -0.39 is 94.4 Å². The highest BCUT2D eigenvalue weighted by molar-refractivity contribution is 5.88. The summed E-state index contributed by atoms with van der Waals surface area (Å²) in [6.45, 7) is 17.9. The normalized spacial score (nSPS) is 37.0. The molecule has 0 aromatic carbocycles. The Morgan fingerprint density at radius 1 is 0.981 bits per heavy atom. The van der Waals surface area contributed by atoms with Crippen LogP contribution in [-0.2, 0) is 52.4 Å². The van der Waals surface area contributed by atoms with Crippen LogP contribution in [0.2, 0.25) is 0 Å². The molecule has 3 aliphatic carbocycles. The molecule has 1 aliphatic heterocycles. The fourth-order valence-electron chi connectivity index (χ4n) is 10.4. The van der Waals surface area contributed by atoms with Gasteiger partial charge in [-0.3, -0.25) is 19.2 Å². The van der Waals surface area contributed by atoms with Gasteiger partial charge in [0, 0.05) is 60.3 Å². The van der Waals surface area contributed by atoms with Gasteiger partial charge >= 0.3 is 29.8 Å². The maximum atomic E-state index is 14.0. The Labute approximate surface area is 312 Å². The van der Waals surface area contributed by atoms with Gasteiger partial charge in [-0.15, -0.1) is 0 Å². The number of methoxy groups -OCH3 is 1. The van der Waals surface area contributed by atoms with Gasteiger partial charge in [0.1, 0.15) is 24.4 Å². The summed E-state index contributed by atoms with van der Waals surface area (Å²) in [5.74, 6) is -4.43. The molecule has 3 fully saturated rings. The molecular formula is C41H56O12. The second-order valence-corrected chi connectivity index (χ2v) is 16.1. The van der Waals surface area contributed by atoms with E-state index >= 15 is 0 Å². The molecule has 12 nitrogen and oxygen atoms in total. The molecular weight excluding hydrogens is 684 g/mol. The van der Waals surface area contributed by atoms with Crippen LogP contribution in [0.3, 0.4) is 0 Å². The molecule has 5 rings (SSSR count). The highest BCUT2D eigenvalue weighted by atomic mass is 16.6. The van der Waals surface area contributed by atoms with E-state index in [0.29, 0.717) is 24.0 Å². The van der Waals surface area contributed by atoms with E-state index in [1.165, 1.54) is 21.0 Å². The number of ether oxygens (including phenoxy) is 6. The lowest BCUT2D eigenvalue weighted by Gasteiger charge is -2.66. The first kappa shape index (κ1) is 40.3. The maximum absolute atomic E-state index is 14.0. The first-order valence-electron chi connectivity index (χ1n) is 18.7. The van der Waals surface area contributed by atoms with E-state index in [1.54, 1.807) is 39.4 Å². The molecule has 2 heterocycles. The number of allylic oxidation sites excluding steroid dienone is 2. The van der Waals surface area contributed by atoms with Gasteiger partial charge in [0.2, 0.25) is 0 Å². The maximum Gasteiger partial charge on any atom is 0.333 e. The van der Waals surface area contributed by atoms with Crippen LogP contribution in [0.1, 0.15) is 106 Å². The number of esters is 5. The van der Waals surface area contributed by atoms with Crippen molar-refractivity contribution in [2.75, 3.05) is 13.7 Å². The van der Waals surface area contributed by atoms with Crippen LogP contribution in [-0.4, -0.2) is 74.1 Å². The molecule has 12 heteroatoms. The van der Waals surface area contributed by atoms with Crippen LogP contribution in [0.4, 0.5) is 0 Å². The van der Waals surface area contributed by atoms with Crippen molar-refractivity contribution in [1.29, 1.82) is 0 Å². The molecule has 1 saturated heterocycles. The molecule has 4 aliphatic rings. The standard InChI is InChI=1S/C41H56O12/c1-12-21(3)37(45)52-31-18-30(51-25(7)43)39(8)20-49-34-35(39)40(31,9)29(17-32(44)47-11)41(10,36(34)53-38(46)22(4)13-2)33-23(5)27(26-14-15-48-19-26)16-28(33)50-24(6)42/h13-15,19,21,27-31,34-36H,12,16-18,20H2,1-11H3/b22-13+/t21?,27-,28+,29-,30-,31+,34-,35+,36-,39-,40+,41-/m1/s1. The number of furan rings is 1. The van der Waals surface area contributed by atoms with E-state index in [1.807, 2.05) is 40.7 Å². The number of hydrogen-bond donors (Lipinski definition) is 0. The molecule has 1 aromatic rings. The van der Waals surface area contributed by atoms with Crippen molar-refractivity contribution in [2.45, 2.75) is 131 Å². The summed E-state index contributed by atoms with van der Waals surface area (Å²) < 4.78 is 42.9. The smallest absolute Gasteiger partial charge is 0.333 e. The molecule has 0 amide bonds. The van der Waals surface area contributed by atoms with Crippen LogP contribution >= 0.6 is 0 Å². The molecule has 0 radical (unpaired) electrons. The third-order valence-electron chi connectivity index (χ3n) is 13.2. The van der Waals surface area contributed by atoms with Crippen LogP contribution in [0.5, 0.6) is 0 Å². The fourth-order valence-corrected chi connectivity index (χ4v) is 10.4. The van der Waals surface area contributed by atoms with E-state index in [-0.39, 0.29) is 25.4 Å². The van der Waals surface area contributed by atoms with Crippen molar-refractivity contribution in [3.63, 3.8) is 0 Å². The molecule has 1 unspecified atom stereocenters. The number of rotatable bonds is 11. The first-order valence-corrected chi connectivity index (χ1v) is 18.7. The van der Waals surface area contributed by atoms with Crippen molar-refractivity contribution in [2.24, 2.45) is 34.0 Å². The zero-order valence-corrected chi connectivity index (χ0v) is 32.9. The molecule has 1 aromatic heterocycles. The number of hydrogen-bond acceptors (Lipinski definition) is 12. The average molecular weight is 741 g/mol. The first-order chi connectivity index (χ1) is 24.9. The third kappa shape index (κ3) is 6.74. The quantitative estimate of drug-likeness (QED) is 0.107. The summed E-state index contributed by atoms with van der Waals surface area (Å²) in [7, 11) is 1.32. The van der Waals surface area contributed by atoms with Gasteiger partial charge in [-0.1, -0.05) is 46.3 Å². The minimum Gasteiger partial charge on any atom is -0.472 e. The zero-order valence-electron chi connectivity index (χ0n) is 32.9. The Bertz CT molecular complexity index is 1660. The summed E-state index contributed by atoms with van der Waals surface area (Å²) in [5.41, 5.74) is -0.326. The second kappa shape index (κ2) is 15.1. The second-order valence-electron chi connectivity index (χ2n) is 16.1. The van der Waals surface area contributed by atoms with Crippen molar-refractivity contribution < 1.29 is 56.8 Å². The minimum absolute atomic E-state index is 0.141. The van der Waals surface area contributed by atoms with Gasteiger partial charge in [0.05, 0.1) is 38.3 Å². The Hall–Kier alpha value is -3.93. The summed E-state index contributed by atoms with van der Waals surface area (Å²) in [4.78, 5) is 66.9. The average Bonchev–Trinajstić information content (AvgIpc) is 3.84. The highest BCUT2D eigenvalue weighted by Gasteiger charge is 2.77. The van der Waals surface area contributed by atoms with Gasteiger partial charge in [-0.2, -0.15) is 0 Å². The van der Waals surface area contributed by atoms with Crippen LogP contribution in [0.25, 0.3) is 0 Å². The summed E-state index contributed by atoms with van der Waals surface area (Å²) in [6.07, 6.45) is 1.63. The molecule has 12 atom stereocenters. The van der Waals surface area contributed by atoms with Crippen LogP contribution in [0.15, 0.2) is 45.8 Å². The topological polar surface area (TPSA) is 154 Å². The third-order valence-corrected chi connectivity index (χ3v) is 13.2. The molecule has 2 saturated carbocycles. The van der Waals surface area contributed by atoms with E-state index in [9.17, 15) is 24.0 Å². The SMILES string of the molecule is C/C=C(\C)C(=O)O[C@@H]1[C@@H]2OC[C@]3(C)[C@H](OC(C)=O)C[C@H](OC(=O)C(C)CC)[C@@](C)([C@@H]23)[C@@H](CC(=O)OC)[C@]1(C)C1=C(C)[C@H](c2ccoc2)C[C@@H]1OC(C)=O. The molecule has 0 spiro atoms. The van der Waals surface area contributed by atoms with Crippen molar-refractivity contribution in [3.05, 3.63) is 47.0 Å². The van der Waals surface area contributed by atoms with Crippen molar-refractivity contribution in [1.82, 2.24) is 0 Å². The van der Waals surface area contributed by atoms with Crippen LogP contribution in [0, 0.1) is 34.0 Å². The van der Waals surface area contributed by atoms with E-state index in [4.69, 9.17) is 32.8 Å². The fraction of sp³-hybridized carbons (Fsp3) is 0.683. The Morgan fingerprint density at radius 2 is 1.66 bits per heavy atom. The lowest BCUT2D eigenvalue weighted by atomic mass is 9.39. The van der Waals surface area contributed by atoms with Crippen LogP contribution < -0.4 is 0 Å². The summed E-state index contributed by atoms with van der Waals surface area (Å²) in [5, 5.41) is 0. The summed E-state index contributed by atoms with van der Waals surface area (Å²) >= 11 is 0. The Balaban J connectivity index is 1.86. The Morgan fingerprint density at radius 3 is 2.23 bits per heavy atom. The minimum atomic E-state index is -1.27. The number of carbonyl (C=O) groups is 5. The Kier molecular flexibility index (Phi) is 11.4. The highest BCUT2D eigenvalue weighted by Crippen LogP contribution is 2.72.